The molecule has 0 aliphatic carbocycles. The third kappa shape index (κ3) is 8.06. The van der Waals surface area contributed by atoms with Crippen molar-refractivity contribution in [2.45, 2.75) is 32.1 Å². The van der Waals surface area contributed by atoms with Crippen LogP contribution in [0.4, 0.5) is 0 Å². The van der Waals surface area contributed by atoms with Gasteiger partial charge in [0.25, 0.3) is 0 Å². The molecule has 0 spiro atoms. The van der Waals surface area contributed by atoms with E-state index < -0.39 is 0 Å². The van der Waals surface area contributed by atoms with Gasteiger partial charge in [-0.1, -0.05) is 13.3 Å². The zero-order valence-corrected chi connectivity index (χ0v) is 9.06. The van der Waals surface area contributed by atoms with Gasteiger partial charge in [0, 0.05) is 13.2 Å². The maximum absolute atomic E-state index is 11.0. The maximum atomic E-state index is 11.0. The van der Waals surface area contributed by atoms with Crippen LogP contribution in [0.25, 0.3) is 0 Å². The van der Waals surface area contributed by atoms with Crippen molar-refractivity contribution in [2.75, 3.05) is 19.8 Å². The van der Waals surface area contributed by atoms with Crippen molar-refractivity contribution >= 4 is 17.5 Å². The number of hydrogen-bond donors (Lipinski definition) is 1. The molecule has 4 heteroatoms. The lowest BCUT2D eigenvalue weighted by molar-refractivity contribution is -0.125. The van der Waals surface area contributed by atoms with Crippen molar-refractivity contribution in [1.82, 2.24) is 5.32 Å². The van der Waals surface area contributed by atoms with Gasteiger partial charge in [-0.05, 0) is 13.3 Å². The Balaban J connectivity index is 3.34. The molecule has 0 saturated heterocycles. The van der Waals surface area contributed by atoms with Crippen LogP contribution in [0, 0.1) is 0 Å². The van der Waals surface area contributed by atoms with E-state index in [4.69, 9.17) is 16.3 Å². The fraction of sp³-hybridized carbons (Fsp3) is 0.889. The van der Waals surface area contributed by atoms with Crippen LogP contribution in [-0.2, 0) is 9.53 Å². The van der Waals surface area contributed by atoms with E-state index in [9.17, 15) is 4.79 Å². The Hall–Kier alpha value is -0.280. The molecule has 0 aromatic heterocycles. The summed E-state index contributed by atoms with van der Waals surface area (Å²) < 4.78 is 4.93. The van der Waals surface area contributed by atoms with E-state index in [1.165, 1.54) is 0 Å². The van der Waals surface area contributed by atoms with Crippen molar-refractivity contribution in [3.63, 3.8) is 0 Å². The van der Waals surface area contributed by atoms with Gasteiger partial charge in [0.15, 0.2) is 0 Å². The predicted octanol–water partition coefficient (Wildman–Crippen LogP) is 1.55. The van der Waals surface area contributed by atoms with E-state index in [2.05, 4.69) is 12.2 Å². The quantitative estimate of drug-likeness (QED) is 0.644. The van der Waals surface area contributed by atoms with Crippen LogP contribution in [0.15, 0.2) is 0 Å². The Labute approximate surface area is 84.8 Å². The molecule has 0 fully saturated rings. The van der Waals surface area contributed by atoms with Crippen LogP contribution < -0.4 is 5.32 Å². The van der Waals surface area contributed by atoms with Gasteiger partial charge in [0.05, 0.1) is 5.38 Å². The lowest BCUT2D eigenvalue weighted by Gasteiger charge is -2.09. The van der Waals surface area contributed by atoms with Crippen molar-refractivity contribution < 1.29 is 9.53 Å². The molecule has 0 radical (unpaired) electrons. The summed E-state index contributed by atoms with van der Waals surface area (Å²) in [6.07, 6.45) is 1.96. The molecular formula is C9H18ClNO2. The van der Waals surface area contributed by atoms with E-state index in [1.807, 2.05) is 6.92 Å². The second-order valence-electron chi connectivity index (χ2n) is 2.83. The number of alkyl halides is 1. The van der Waals surface area contributed by atoms with Crippen LogP contribution in [0.3, 0.4) is 0 Å². The first kappa shape index (κ1) is 12.7. The van der Waals surface area contributed by atoms with Crippen LogP contribution >= 0.6 is 11.6 Å². The zero-order valence-electron chi connectivity index (χ0n) is 8.31. The molecular weight excluding hydrogens is 190 g/mol. The molecule has 0 rings (SSSR count). The first-order chi connectivity index (χ1) is 6.20. The standard InChI is InChI=1S/C9H18ClNO2/c1-3-5-8(10)6-11-9(12)7-13-4-2/h8H,3-7H2,1-2H3,(H,11,12). The number of hydrogen-bond acceptors (Lipinski definition) is 2. The van der Waals surface area contributed by atoms with E-state index in [0.29, 0.717) is 13.2 Å². The number of carbonyl (C=O) groups is 1. The SMILES string of the molecule is CCCC(Cl)CNC(=O)COCC. The lowest BCUT2D eigenvalue weighted by Crippen LogP contribution is -2.32. The summed E-state index contributed by atoms with van der Waals surface area (Å²) in [5, 5.41) is 2.74. The molecule has 3 nitrogen and oxygen atoms in total. The zero-order chi connectivity index (χ0) is 10.1. The maximum Gasteiger partial charge on any atom is 0.246 e. The smallest absolute Gasteiger partial charge is 0.246 e. The minimum atomic E-state index is -0.0939. The normalized spacial score (nSPS) is 12.5. The third-order valence-corrected chi connectivity index (χ3v) is 1.93. The summed E-state index contributed by atoms with van der Waals surface area (Å²) in [7, 11) is 0. The van der Waals surface area contributed by atoms with Crippen LogP contribution in [0.2, 0.25) is 0 Å². The molecule has 1 atom stereocenters. The Morgan fingerprint density at radius 3 is 2.77 bits per heavy atom. The highest BCUT2D eigenvalue weighted by molar-refractivity contribution is 6.20. The Morgan fingerprint density at radius 2 is 2.23 bits per heavy atom. The van der Waals surface area contributed by atoms with Gasteiger partial charge in [-0.15, -0.1) is 11.6 Å². The average Bonchev–Trinajstić information content (AvgIpc) is 2.12. The average molecular weight is 208 g/mol. The summed E-state index contributed by atoms with van der Waals surface area (Å²) in [5.74, 6) is -0.0939. The summed E-state index contributed by atoms with van der Waals surface area (Å²) in [6.45, 7) is 5.15. The fourth-order valence-electron chi connectivity index (χ4n) is 0.886. The van der Waals surface area contributed by atoms with E-state index >= 15 is 0 Å². The second-order valence-corrected chi connectivity index (χ2v) is 3.44. The second kappa shape index (κ2) is 8.32. The predicted molar refractivity (Wildman–Crippen MR) is 54.1 cm³/mol. The van der Waals surface area contributed by atoms with Crippen LogP contribution in [-0.4, -0.2) is 31.0 Å². The molecule has 0 aromatic rings. The highest BCUT2D eigenvalue weighted by Gasteiger charge is 2.05. The molecule has 1 N–H and O–H groups in total. The summed E-state index contributed by atoms with van der Waals surface area (Å²) in [4.78, 5) is 11.0. The minimum Gasteiger partial charge on any atom is -0.372 e. The third-order valence-electron chi connectivity index (χ3n) is 1.56. The highest BCUT2D eigenvalue weighted by atomic mass is 35.5. The Kier molecular flexibility index (Phi) is 8.14. The molecule has 0 saturated carbocycles. The molecule has 0 aliphatic heterocycles. The van der Waals surface area contributed by atoms with Gasteiger partial charge in [0.1, 0.15) is 6.61 Å². The van der Waals surface area contributed by atoms with E-state index in [1.54, 1.807) is 0 Å². The molecule has 0 aliphatic rings. The molecule has 13 heavy (non-hydrogen) atoms. The summed E-state index contributed by atoms with van der Waals surface area (Å²) in [6, 6.07) is 0. The molecule has 1 unspecified atom stereocenters. The van der Waals surface area contributed by atoms with Gasteiger partial charge < -0.3 is 10.1 Å². The van der Waals surface area contributed by atoms with Gasteiger partial charge in [-0.25, -0.2) is 0 Å². The Morgan fingerprint density at radius 1 is 1.54 bits per heavy atom. The number of nitrogens with one attached hydrogen (secondary N) is 1. The van der Waals surface area contributed by atoms with Gasteiger partial charge in [-0.2, -0.15) is 0 Å². The topological polar surface area (TPSA) is 38.3 Å². The van der Waals surface area contributed by atoms with Crippen molar-refractivity contribution in [3.05, 3.63) is 0 Å². The van der Waals surface area contributed by atoms with E-state index in [-0.39, 0.29) is 17.9 Å². The van der Waals surface area contributed by atoms with Gasteiger partial charge >= 0.3 is 0 Å². The van der Waals surface area contributed by atoms with Crippen molar-refractivity contribution in [1.29, 1.82) is 0 Å². The van der Waals surface area contributed by atoms with Gasteiger partial charge in [-0.3, -0.25) is 4.79 Å². The van der Waals surface area contributed by atoms with Crippen molar-refractivity contribution in [3.8, 4) is 0 Å². The number of ether oxygens (including phenoxy) is 1. The first-order valence-electron chi connectivity index (χ1n) is 4.69. The van der Waals surface area contributed by atoms with Gasteiger partial charge in [0.2, 0.25) is 5.91 Å². The fourth-order valence-corrected chi connectivity index (χ4v) is 1.18. The molecule has 1 amide bonds. The number of halogens is 1. The summed E-state index contributed by atoms with van der Waals surface area (Å²) >= 11 is 5.90. The van der Waals surface area contributed by atoms with Crippen molar-refractivity contribution in [2.24, 2.45) is 0 Å². The minimum absolute atomic E-state index is 0.0376. The largest absolute Gasteiger partial charge is 0.372 e. The molecule has 0 bridgehead atoms. The Bertz CT molecular complexity index is 142. The van der Waals surface area contributed by atoms with Crippen LogP contribution in [0.5, 0.6) is 0 Å². The first-order valence-corrected chi connectivity index (χ1v) is 5.12. The molecule has 0 heterocycles. The molecule has 0 aromatic carbocycles. The monoisotopic (exact) mass is 207 g/mol. The number of rotatable bonds is 7. The number of carbonyl (C=O) groups excluding carboxylic acids is 1. The highest BCUT2D eigenvalue weighted by Crippen LogP contribution is 2.02. The van der Waals surface area contributed by atoms with E-state index in [0.717, 1.165) is 12.8 Å². The number of amides is 1. The summed E-state index contributed by atoms with van der Waals surface area (Å²) in [5.41, 5.74) is 0. The lowest BCUT2D eigenvalue weighted by atomic mass is 10.2. The van der Waals surface area contributed by atoms with Crippen LogP contribution in [0.1, 0.15) is 26.7 Å². The molecule has 78 valence electrons.